The number of nitrogens with zero attached hydrogens (tertiary/aromatic N) is 1. The third-order valence-corrected chi connectivity index (χ3v) is 4.29. The van der Waals surface area contributed by atoms with Crippen LogP contribution >= 0.6 is 0 Å². The van der Waals surface area contributed by atoms with Gasteiger partial charge in [0.1, 0.15) is 17.1 Å². The van der Waals surface area contributed by atoms with Gasteiger partial charge in [-0.25, -0.2) is 9.69 Å². The van der Waals surface area contributed by atoms with Crippen molar-refractivity contribution < 1.29 is 24.2 Å². The number of amides is 4. The maximum absolute atomic E-state index is 12.9. The van der Waals surface area contributed by atoms with Crippen molar-refractivity contribution >= 4 is 29.6 Å². The maximum Gasteiger partial charge on any atom is 0.335 e. The number of aromatic hydroxyl groups is 1. The first kappa shape index (κ1) is 19.9. The van der Waals surface area contributed by atoms with E-state index in [0.717, 1.165) is 4.90 Å². The van der Waals surface area contributed by atoms with E-state index >= 15 is 0 Å². The number of barbiturate groups is 1. The molecule has 1 aliphatic heterocycles. The van der Waals surface area contributed by atoms with Crippen LogP contribution in [0.4, 0.5) is 10.5 Å². The van der Waals surface area contributed by atoms with E-state index in [0.29, 0.717) is 35.6 Å². The molecule has 0 unspecified atom stereocenters. The van der Waals surface area contributed by atoms with E-state index in [1.165, 1.54) is 12.1 Å². The van der Waals surface area contributed by atoms with Crippen molar-refractivity contribution in [3.63, 3.8) is 0 Å². The van der Waals surface area contributed by atoms with Gasteiger partial charge in [0, 0.05) is 0 Å². The van der Waals surface area contributed by atoms with Crippen LogP contribution in [0.2, 0.25) is 0 Å². The van der Waals surface area contributed by atoms with Crippen molar-refractivity contribution in [2.45, 2.75) is 13.3 Å². The van der Waals surface area contributed by atoms with Crippen LogP contribution in [-0.2, 0) is 16.0 Å². The molecule has 0 aliphatic carbocycles. The lowest BCUT2D eigenvalue weighted by atomic mass is 10.0. The molecular formula is C22H20N2O5. The molecule has 7 nitrogen and oxygen atoms in total. The molecule has 148 valence electrons. The standard InChI is InChI=1S/C22H20N2O5/c1-3-5-15-12-14(6-11-19(15)25)13-18-20(26)23-22(28)24(21(18)27)16-7-9-17(10-8-16)29-4-2/h3,6-13,25H,1,4-5H2,2H3,(H,23,26,28). The Morgan fingerprint density at radius 3 is 2.52 bits per heavy atom. The van der Waals surface area contributed by atoms with E-state index in [1.54, 1.807) is 42.5 Å². The number of anilines is 1. The van der Waals surface area contributed by atoms with Crippen LogP contribution in [0.3, 0.4) is 0 Å². The van der Waals surface area contributed by atoms with E-state index in [4.69, 9.17) is 4.74 Å². The normalized spacial score (nSPS) is 15.4. The SMILES string of the molecule is C=CCc1cc(C=C2C(=O)NC(=O)N(c3ccc(OCC)cc3)C2=O)ccc1O. The molecule has 2 aromatic carbocycles. The number of urea groups is 1. The largest absolute Gasteiger partial charge is 0.508 e. The molecule has 29 heavy (non-hydrogen) atoms. The number of phenolic OH excluding ortho intramolecular Hbond substituents is 1. The van der Waals surface area contributed by atoms with Gasteiger partial charge in [0.2, 0.25) is 0 Å². The van der Waals surface area contributed by atoms with Gasteiger partial charge in [0.05, 0.1) is 12.3 Å². The number of nitrogens with one attached hydrogen (secondary N) is 1. The molecule has 2 N–H and O–H groups in total. The van der Waals surface area contributed by atoms with Gasteiger partial charge in [-0.2, -0.15) is 0 Å². The Bertz CT molecular complexity index is 1010. The van der Waals surface area contributed by atoms with E-state index in [1.807, 2.05) is 6.92 Å². The minimum absolute atomic E-state index is 0.0951. The zero-order valence-electron chi connectivity index (χ0n) is 15.8. The summed E-state index contributed by atoms with van der Waals surface area (Å²) in [4.78, 5) is 38.4. The highest BCUT2D eigenvalue weighted by Crippen LogP contribution is 2.26. The van der Waals surface area contributed by atoms with Crippen LogP contribution < -0.4 is 15.0 Å². The van der Waals surface area contributed by atoms with Gasteiger partial charge >= 0.3 is 6.03 Å². The molecule has 0 bridgehead atoms. The van der Waals surface area contributed by atoms with Crippen molar-refractivity contribution in [1.82, 2.24) is 5.32 Å². The van der Waals surface area contributed by atoms with Crippen molar-refractivity contribution in [3.8, 4) is 11.5 Å². The van der Waals surface area contributed by atoms with Crippen molar-refractivity contribution in [1.29, 1.82) is 0 Å². The van der Waals surface area contributed by atoms with Gasteiger partial charge in [-0.15, -0.1) is 6.58 Å². The number of benzene rings is 2. The average molecular weight is 392 g/mol. The fourth-order valence-corrected chi connectivity index (χ4v) is 2.93. The zero-order chi connectivity index (χ0) is 21.0. The highest BCUT2D eigenvalue weighted by atomic mass is 16.5. The van der Waals surface area contributed by atoms with Crippen LogP contribution in [0.5, 0.6) is 11.5 Å². The third kappa shape index (κ3) is 4.19. The molecule has 4 amide bonds. The Hall–Kier alpha value is -3.87. The summed E-state index contributed by atoms with van der Waals surface area (Å²) in [5.74, 6) is -0.814. The van der Waals surface area contributed by atoms with E-state index in [9.17, 15) is 19.5 Å². The highest BCUT2D eigenvalue weighted by molar-refractivity contribution is 6.39. The summed E-state index contributed by atoms with van der Waals surface area (Å²) in [6.07, 6.45) is 3.45. The molecule has 3 rings (SSSR count). The maximum atomic E-state index is 12.9. The molecule has 0 saturated carbocycles. The minimum atomic E-state index is -0.820. The third-order valence-electron chi connectivity index (χ3n) is 4.29. The Labute approximate surface area is 167 Å². The Kier molecular flexibility index (Phi) is 5.78. The van der Waals surface area contributed by atoms with Crippen LogP contribution in [0.1, 0.15) is 18.1 Å². The van der Waals surface area contributed by atoms with Crippen LogP contribution in [0.25, 0.3) is 6.08 Å². The molecular weight excluding hydrogens is 372 g/mol. The number of ether oxygens (including phenoxy) is 1. The van der Waals surface area contributed by atoms with E-state index in [2.05, 4.69) is 11.9 Å². The number of rotatable bonds is 6. The minimum Gasteiger partial charge on any atom is -0.508 e. The summed E-state index contributed by atoms with van der Waals surface area (Å²) in [5.41, 5.74) is 1.28. The Balaban J connectivity index is 1.95. The second-order valence-electron chi connectivity index (χ2n) is 6.27. The molecule has 1 heterocycles. The highest BCUT2D eigenvalue weighted by Gasteiger charge is 2.36. The number of carbonyl (C=O) groups is 3. The zero-order valence-corrected chi connectivity index (χ0v) is 15.8. The van der Waals surface area contributed by atoms with Gasteiger partial charge in [-0.05, 0) is 66.9 Å². The molecule has 0 aromatic heterocycles. The number of carbonyl (C=O) groups excluding carboxylic acids is 3. The molecule has 1 fully saturated rings. The van der Waals surface area contributed by atoms with Gasteiger partial charge in [-0.1, -0.05) is 12.1 Å². The van der Waals surface area contributed by atoms with Crippen molar-refractivity contribution in [2.24, 2.45) is 0 Å². The summed E-state index contributed by atoms with van der Waals surface area (Å²) in [6.45, 7) is 5.98. The number of allylic oxidation sites excluding steroid dienone is 1. The van der Waals surface area contributed by atoms with Gasteiger partial charge in [-0.3, -0.25) is 14.9 Å². The summed E-state index contributed by atoms with van der Waals surface area (Å²) < 4.78 is 5.36. The lowest BCUT2D eigenvalue weighted by Gasteiger charge is -2.26. The summed E-state index contributed by atoms with van der Waals surface area (Å²) >= 11 is 0. The smallest absolute Gasteiger partial charge is 0.335 e. The summed E-state index contributed by atoms with van der Waals surface area (Å²) in [5, 5.41) is 12.1. The van der Waals surface area contributed by atoms with Gasteiger partial charge in [0.25, 0.3) is 11.8 Å². The first-order valence-corrected chi connectivity index (χ1v) is 9.01. The fraction of sp³-hybridized carbons (Fsp3) is 0.136. The van der Waals surface area contributed by atoms with Gasteiger partial charge in [0.15, 0.2) is 0 Å². The average Bonchev–Trinajstić information content (AvgIpc) is 2.69. The number of imide groups is 2. The van der Waals surface area contributed by atoms with Crippen molar-refractivity contribution in [3.05, 3.63) is 71.8 Å². The van der Waals surface area contributed by atoms with Crippen LogP contribution in [0, 0.1) is 0 Å². The first-order chi connectivity index (χ1) is 13.9. The van der Waals surface area contributed by atoms with E-state index < -0.39 is 17.8 Å². The molecule has 0 spiro atoms. The quantitative estimate of drug-likeness (QED) is 0.447. The van der Waals surface area contributed by atoms with Crippen molar-refractivity contribution in [2.75, 3.05) is 11.5 Å². The van der Waals surface area contributed by atoms with Crippen LogP contribution in [-0.4, -0.2) is 29.6 Å². The predicted octanol–water partition coefficient (Wildman–Crippen LogP) is 3.19. The summed E-state index contributed by atoms with van der Waals surface area (Å²) in [7, 11) is 0. The molecule has 1 saturated heterocycles. The fourth-order valence-electron chi connectivity index (χ4n) is 2.93. The predicted molar refractivity (Wildman–Crippen MR) is 109 cm³/mol. The Morgan fingerprint density at radius 1 is 1.14 bits per heavy atom. The Morgan fingerprint density at radius 2 is 1.86 bits per heavy atom. The second kappa shape index (κ2) is 8.43. The van der Waals surface area contributed by atoms with E-state index in [-0.39, 0.29) is 11.3 Å². The topological polar surface area (TPSA) is 95.9 Å². The van der Waals surface area contributed by atoms with Crippen LogP contribution in [0.15, 0.2) is 60.7 Å². The molecule has 2 aromatic rings. The monoisotopic (exact) mass is 392 g/mol. The summed E-state index contributed by atoms with van der Waals surface area (Å²) in [6, 6.07) is 10.3. The first-order valence-electron chi connectivity index (χ1n) is 9.01. The number of hydrogen-bond acceptors (Lipinski definition) is 5. The number of hydrogen-bond donors (Lipinski definition) is 2. The lowest BCUT2D eigenvalue weighted by molar-refractivity contribution is -0.122. The van der Waals surface area contributed by atoms with Gasteiger partial charge < -0.3 is 9.84 Å². The molecule has 0 atom stereocenters. The molecule has 1 aliphatic rings. The lowest BCUT2D eigenvalue weighted by Crippen LogP contribution is -2.54. The molecule has 7 heteroatoms. The molecule has 0 radical (unpaired) electrons. The number of phenols is 1. The second-order valence-corrected chi connectivity index (χ2v) is 6.27.